The first-order chi connectivity index (χ1) is 9.83. The van der Waals surface area contributed by atoms with E-state index in [-0.39, 0.29) is 11.9 Å². The van der Waals surface area contributed by atoms with Gasteiger partial charge in [-0.25, -0.2) is 4.39 Å². The van der Waals surface area contributed by atoms with Gasteiger partial charge in [-0.15, -0.1) is 11.8 Å². The average Bonchev–Trinajstić information content (AvgIpc) is 2.47. The van der Waals surface area contributed by atoms with Crippen molar-refractivity contribution in [3.63, 3.8) is 0 Å². The van der Waals surface area contributed by atoms with Gasteiger partial charge in [-0.1, -0.05) is 12.1 Å². The first-order valence-electron chi connectivity index (χ1n) is 7.04. The first-order valence-corrected chi connectivity index (χ1v) is 8.02. The summed E-state index contributed by atoms with van der Waals surface area (Å²) in [5, 5.41) is 3.50. The lowest BCUT2D eigenvalue weighted by atomic mass is 10.0. The highest BCUT2D eigenvalue weighted by Gasteiger charge is 2.22. The van der Waals surface area contributed by atoms with Crippen molar-refractivity contribution in [2.45, 2.75) is 23.8 Å². The molecule has 0 aromatic heterocycles. The molecule has 1 unspecified atom stereocenters. The molecule has 1 atom stereocenters. The normalized spacial score (nSPS) is 18.0. The van der Waals surface area contributed by atoms with E-state index in [1.54, 1.807) is 24.9 Å². The van der Waals surface area contributed by atoms with Gasteiger partial charge in [0.25, 0.3) is 0 Å². The molecule has 1 aliphatic heterocycles. The van der Waals surface area contributed by atoms with Crippen molar-refractivity contribution < 1.29 is 13.9 Å². The van der Waals surface area contributed by atoms with Crippen molar-refractivity contribution in [2.24, 2.45) is 0 Å². The highest BCUT2D eigenvalue weighted by Crippen LogP contribution is 2.37. The van der Waals surface area contributed by atoms with Gasteiger partial charge in [0.05, 0.1) is 13.2 Å². The van der Waals surface area contributed by atoms with Crippen molar-refractivity contribution in [2.75, 3.05) is 39.2 Å². The third kappa shape index (κ3) is 4.45. The van der Waals surface area contributed by atoms with Crippen molar-refractivity contribution >= 4 is 11.8 Å². The van der Waals surface area contributed by atoms with E-state index in [2.05, 4.69) is 5.32 Å². The standard InChI is InChI=1S/C15H22FNO2S/c1-18-9-10-19-8-3-7-17-14-6-11-20-15-12(14)4-2-5-13(15)16/h2,4-5,14,17H,3,6-11H2,1H3. The molecular weight excluding hydrogens is 277 g/mol. The Bertz CT molecular complexity index is 417. The molecule has 0 saturated carbocycles. The van der Waals surface area contributed by atoms with Crippen LogP contribution in [-0.4, -0.2) is 39.2 Å². The number of halogens is 1. The Morgan fingerprint density at radius 2 is 2.25 bits per heavy atom. The van der Waals surface area contributed by atoms with Crippen LogP contribution in [0.1, 0.15) is 24.4 Å². The summed E-state index contributed by atoms with van der Waals surface area (Å²) in [4.78, 5) is 0.813. The second-order valence-electron chi connectivity index (χ2n) is 4.76. The molecule has 1 aromatic carbocycles. The number of benzene rings is 1. The predicted molar refractivity (Wildman–Crippen MR) is 79.8 cm³/mol. The molecule has 20 heavy (non-hydrogen) atoms. The fourth-order valence-corrected chi connectivity index (χ4v) is 3.43. The molecule has 0 aliphatic carbocycles. The van der Waals surface area contributed by atoms with Gasteiger partial charge in [0.1, 0.15) is 5.82 Å². The summed E-state index contributed by atoms with van der Waals surface area (Å²) < 4.78 is 24.1. The Morgan fingerprint density at radius 1 is 1.35 bits per heavy atom. The van der Waals surface area contributed by atoms with Crippen LogP contribution in [-0.2, 0) is 9.47 Å². The van der Waals surface area contributed by atoms with Gasteiger partial charge in [-0.05, 0) is 36.8 Å². The number of ether oxygens (including phenoxy) is 2. The molecule has 0 bridgehead atoms. The van der Waals surface area contributed by atoms with Gasteiger partial charge in [0, 0.05) is 24.7 Å². The zero-order valence-electron chi connectivity index (χ0n) is 11.9. The maximum absolute atomic E-state index is 13.7. The molecule has 0 saturated heterocycles. The minimum Gasteiger partial charge on any atom is -0.382 e. The van der Waals surface area contributed by atoms with Crippen molar-refractivity contribution in [3.05, 3.63) is 29.6 Å². The van der Waals surface area contributed by atoms with Crippen LogP contribution in [0.5, 0.6) is 0 Å². The van der Waals surface area contributed by atoms with Gasteiger partial charge in [-0.2, -0.15) is 0 Å². The highest BCUT2D eigenvalue weighted by atomic mass is 32.2. The Balaban J connectivity index is 1.74. The molecule has 0 amide bonds. The average molecular weight is 299 g/mol. The van der Waals surface area contributed by atoms with Crippen LogP contribution in [0.4, 0.5) is 4.39 Å². The number of fused-ring (bicyclic) bond motifs is 1. The fourth-order valence-electron chi connectivity index (χ4n) is 2.29. The second kappa shape index (κ2) is 8.62. The molecule has 1 N–H and O–H groups in total. The quantitative estimate of drug-likeness (QED) is 0.748. The molecule has 0 spiro atoms. The molecule has 5 heteroatoms. The van der Waals surface area contributed by atoms with Crippen LogP contribution < -0.4 is 5.32 Å². The van der Waals surface area contributed by atoms with Crippen molar-refractivity contribution in [3.8, 4) is 0 Å². The summed E-state index contributed by atoms with van der Waals surface area (Å²) >= 11 is 1.62. The number of nitrogens with one attached hydrogen (secondary N) is 1. The van der Waals surface area contributed by atoms with E-state index >= 15 is 0 Å². The summed E-state index contributed by atoms with van der Waals surface area (Å²) in [6.45, 7) is 2.90. The minimum atomic E-state index is -0.0955. The third-order valence-corrected chi connectivity index (χ3v) is 4.47. The van der Waals surface area contributed by atoms with Crippen LogP contribution in [0.3, 0.4) is 0 Å². The fraction of sp³-hybridized carbons (Fsp3) is 0.600. The summed E-state index contributed by atoms with van der Waals surface area (Å²) in [5.41, 5.74) is 1.10. The largest absolute Gasteiger partial charge is 0.382 e. The second-order valence-corrected chi connectivity index (χ2v) is 5.87. The maximum Gasteiger partial charge on any atom is 0.137 e. The number of thioether (sulfide) groups is 1. The summed E-state index contributed by atoms with van der Waals surface area (Å²) in [6.07, 6.45) is 2.00. The number of hydrogen-bond donors (Lipinski definition) is 1. The number of rotatable bonds is 8. The van der Waals surface area contributed by atoms with E-state index in [1.807, 2.05) is 6.07 Å². The van der Waals surface area contributed by atoms with Gasteiger partial charge < -0.3 is 14.8 Å². The Hall–Kier alpha value is -0.620. The van der Waals surface area contributed by atoms with Crippen LogP contribution in [0.15, 0.2) is 23.1 Å². The van der Waals surface area contributed by atoms with Gasteiger partial charge >= 0.3 is 0 Å². The monoisotopic (exact) mass is 299 g/mol. The topological polar surface area (TPSA) is 30.5 Å². The van der Waals surface area contributed by atoms with Gasteiger partial charge in [0.2, 0.25) is 0 Å². The molecule has 1 heterocycles. The van der Waals surface area contributed by atoms with Crippen LogP contribution in [0.25, 0.3) is 0 Å². The lowest BCUT2D eigenvalue weighted by molar-refractivity contribution is 0.0692. The van der Waals surface area contributed by atoms with E-state index in [9.17, 15) is 4.39 Å². The third-order valence-electron chi connectivity index (χ3n) is 3.31. The smallest absolute Gasteiger partial charge is 0.137 e. The molecule has 1 aromatic rings. The minimum absolute atomic E-state index is 0.0955. The van der Waals surface area contributed by atoms with Crippen molar-refractivity contribution in [1.82, 2.24) is 5.32 Å². The van der Waals surface area contributed by atoms with Crippen molar-refractivity contribution in [1.29, 1.82) is 0 Å². The van der Waals surface area contributed by atoms with Crippen LogP contribution >= 0.6 is 11.8 Å². The van der Waals surface area contributed by atoms with Gasteiger partial charge in [-0.3, -0.25) is 0 Å². The molecule has 3 nitrogen and oxygen atoms in total. The zero-order valence-corrected chi connectivity index (χ0v) is 12.7. The zero-order chi connectivity index (χ0) is 14.2. The Morgan fingerprint density at radius 3 is 3.10 bits per heavy atom. The first kappa shape index (κ1) is 15.8. The molecule has 1 aliphatic rings. The molecule has 0 radical (unpaired) electrons. The maximum atomic E-state index is 13.7. The molecular formula is C15H22FNO2S. The van der Waals surface area contributed by atoms with Crippen LogP contribution in [0.2, 0.25) is 0 Å². The van der Waals surface area contributed by atoms with Crippen LogP contribution in [0, 0.1) is 5.82 Å². The SMILES string of the molecule is COCCOCCCNC1CCSc2c(F)cccc21. The molecule has 0 fully saturated rings. The van der Waals surface area contributed by atoms with Gasteiger partial charge in [0.15, 0.2) is 0 Å². The molecule has 2 rings (SSSR count). The lowest BCUT2D eigenvalue weighted by Crippen LogP contribution is -2.26. The summed E-state index contributed by atoms with van der Waals surface area (Å²) in [7, 11) is 1.67. The van der Waals surface area contributed by atoms with E-state index in [4.69, 9.17) is 9.47 Å². The predicted octanol–water partition coefficient (Wildman–Crippen LogP) is 3.01. The van der Waals surface area contributed by atoms with E-state index < -0.39 is 0 Å². The highest BCUT2D eigenvalue weighted by molar-refractivity contribution is 7.99. The number of hydrogen-bond acceptors (Lipinski definition) is 4. The van der Waals surface area contributed by atoms with E-state index in [0.29, 0.717) is 13.2 Å². The lowest BCUT2D eigenvalue weighted by Gasteiger charge is -2.26. The molecule has 112 valence electrons. The van der Waals surface area contributed by atoms with E-state index in [1.165, 1.54) is 6.07 Å². The Labute approximate surface area is 124 Å². The summed E-state index contributed by atoms with van der Waals surface area (Å²) in [6, 6.07) is 5.62. The van der Waals surface area contributed by atoms with E-state index in [0.717, 1.165) is 42.2 Å². The summed E-state index contributed by atoms with van der Waals surface area (Å²) in [5.74, 6) is 0.873. The Kier molecular flexibility index (Phi) is 6.79. The number of methoxy groups -OCH3 is 1.